The molecule has 2 fully saturated rings. The van der Waals surface area contributed by atoms with E-state index < -0.39 is 0 Å². The van der Waals surface area contributed by atoms with Gasteiger partial charge in [-0.05, 0) is 62.4 Å². The third kappa shape index (κ3) is 5.59. The second-order valence-corrected chi connectivity index (χ2v) is 8.02. The van der Waals surface area contributed by atoms with E-state index in [1.165, 1.54) is 37.1 Å². The number of ether oxygens (including phenoxy) is 1. The molecule has 5 heteroatoms. The number of amides is 1. The van der Waals surface area contributed by atoms with E-state index in [0.29, 0.717) is 11.8 Å². The van der Waals surface area contributed by atoms with Crippen molar-refractivity contribution < 1.29 is 9.53 Å². The molecule has 2 heterocycles. The summed E-state index contributed by atoms with van der Waals surface area (Å²) < 4.78 is 5.64. The van der Waals surface area contributed by atoms with Crippen LogP contribution in [0.25, 0.3) is 0 Å². The van der Waals surface area contributed by atoms with E-state index in [1.807, 2.05) is 18.3 Å². The number of likely N-dealkylation sites (tertiary alicyclic amines) is 1. The zero-order chi connectivity index (χ0) is 16.1. The maximum Gasteiger partial charge on any atom is 0.248 e. The Hall–Kier alpha value is -0.910. The first-order valence-corrected chi connectivity index (χ1v) is 9.72. The molecule has 1 saturated heterocycles. The SMILES string of the molecule is C[C@@H](OCC1CC1)C(=O)NC[C@@H]1CCCN(Cc2cccs2)C1. The fraction of sp³-hybridized carbons (Fsp3) is 0.722. The minimum absolute atomic E-state index is 0.0426. The number of hydrogen-bond donors (Lipinski definition) is 1. The van der Waals surface area contributed by atoms with Crippen LogP contribution in [0.2, 0.25) is 0 Å². The van der Waals surface area contributed by atoms with Gasteiger partial charge in [0.05, 0.1) is 6.61 Å². The molecule has 3 rings (SSSR count). The molecule has 0 unspecified atom stereocenters. The van der Waals surface area contributed by atoms with Crippen molar-refractivity contribution in [3.8, 4) is 0 Å². The van der Waals surface area contributed by atoms with E-state index in [0.717, 1.165) is 26.2 Å². The minimum atomic E-state index is -0.318. The molecule has 128 valence electrons. The Bertz CT molecular complexity index is 487. The Morgan fingerprint density at radius 1 is 1.43 bits per heavy atom. The van der Waals surface area contributed by atoms with Gasteiger partial charge in [0.15, 0.2) is 0 Å². The lowest BCUT2D eigenvalue weighted by Gasteiger charge is -2.32. The topological polar surface area (TPSA) is 41.6 Å². The highest BCUT2D eigenvalue weighted by Gasteiger charge is 2.25. The van der Waals surface area contributed by atoms with Crippen molar-refractivity contribution in [1.29, 1.82) is 0 Å². The highest BCUT2D eigenvalue weighted by Crippen LogP contribution is 2.29. The molecule has 1 saturated carbocycles. The number of nitrogens with one attached hydrogen (secondary N) is 1. The molecule has 1 aromatic heterocycles. The predicted molar refractivity (Wildman–Crippen MR) is 93.5 cm³/mol. The second-order valence-electron chi connectivity index (χ2n) is 6.99. The van der Waals surface area contributed by atoms with E-state index in [9.17, 15) is 4.79 Å². The number of hydrogen-bond acceptors (Lipinski definition) is 4. The molecular formula is C18H28N2O2S. The van der Waals surface area contributed by atoms with Gasteiger partial charge < -0.3 is 10.1 Å². The molecule has 1 aliphatic carbocycles. The largest absolute Gasteiger partial charge is 0.368 e. The molecule has 2 atom stereocenters. The van der Waals surface area contributed by atoms with Gasteiger partial charge in [-0.1, -0.05) is 6.07 Å². The van der Waals surface area contributed by atoms with Crippen LogP contribution < -0.4 is 5.32 Å². The minimum Gasteiger partial charge on any atom is -0.368 e. The number of rotatable bonds is 8. The smallest absolute Gasteiger partial charge is 0.248 e. The lowest BCUT2D eigenvalue weighted by Crippen LogP contribution is -2.43. The van der Waals surface area contributed by atoms with Crippen molar-refractivity contribution in [2.45, 2.75) is 45.3 Å². The average Bonchev–Trinajstić information content (AvgIpc) is 3.26. The fourth-order valence-electron chi connectivity index (χ4n) is 3.11. The van der Waals surface area contributed by atoms with Gasteiger partial charge in [0.1, 0.15) is 6.10 Å². The lowest BCUT2D eigenvalue weighted by atomic mass is 9.98. The van der Waals surface area contributed by atoms with Gasteiger partial charge in [0.25, 0.3) is 0 Å². The number of thiophene rings is 1. The molecule has 0 aromatic carbocycles. The van der Waals surface area contributed by atoms with E-state index >= 15 is 0 Å². The molecule has 0 spiro atoms. The van der Waals surface area contributed by atoms with Crippen molar-refractivity contribution in [3.63, 3.8) is 0 Å². The maximum atomic E-state index is 12.1. The molecule has 1 N–H and O–H groups in total. The van der Waals surface area contributed by atoms with Crippen molar-refractivity contribution in [3.05, 3.63) is 22.4 Å². The summed E-state index contributed by atoms with van der Waals surface area (Å²) in [6, 6.07) is 4.32. The molecule has 1 aliphatic heterocycles. The summed E-state index contributed by atoms with van der Waals surface area (Å²) >= 11 is 1.82. The summed E-state index contributed by atoms with van der Waals surface area (Å²) in [5.74, 6) is 1.30. The Kier molecular flexibility index (Phi) is 6.08. The molecule has 1 aromatic rings. The van der Waals surface area contributed by atoms with Crippen LogP contribution in [0.5, 0.6) is 0 Å². The first kappa shape index (κ1) is 16.9. The second kappa shape index (κ2) is 8.27. The van der Waals surface area contributed by atoms with Gasteiger partial charge in [-0.15, -0.1) is 11.3 Å². The highest BCUT2D eigenvalue weighted by molar-refractivity contribution is 7.09. The fourth-order valence-corrected chi connectivity index (χ4v) is 3.86. The molecule has 23 heavy (non-hydrogen) atoms. The van der Waals surface area contributed by atoms with Crippen LogP contribution in [0.4, 0.5) is 0 Å². The normalized spacial score (nSPS) is 23.6. The zero-order valence-electron chi connectivity index (χ0n) is 14.0. The van der Waals surface area contributed by atoms with E-state index in [4.69, 9.17) is 4.74 Å². The Morgan fingerprint density at radius 3 is 3.04 bits per heavy atom. The van der Waals surface area contributed by atoms with Crippen LogP contribution >= 0.6 is 11.3 Å². The van der Waals surface area contributed by atoms with Crippen LogP contribution in [-0.4, -0.2) is 43.2 Å². The predicted octanol–water partition coefficient (Wildman–Crippen LogP) is 2.89. The van der Waals surface area contributed by atoms with Gasteiger partial charge >= 0.3 is 0 Å². The summed E-state index contributed by atoms with van der Waals surface area (Å²) in [5.41, 5.74) is 0. The van der Waals surface area contributed by atoms with Crippen LogP contribution in [0, 0.1) is 11.8 Å². The number of carbonyl (C=O) groups is 1. The number of piperidine rings is 1. The third-order valence-corrected chi connectivity index (χ3v) is 5.64. The third-order valence-electron chi connectivity index (χ3n) is 4.78. The Labute approximate surface area is 143 Å². The van der Waals surface area contributed by atoms with Gasteiger partial charge in [-0.3, -0.25) is 9.69 Å². The van der Waals surface area contributed by atoms with E-state index in [2.05, 4.69) is 27.7 Å². The molecule has 2 aliphatic rings. The highest BCUT2D eigenvalue weighted by atomic mass is 32.1. The summed E-state index contributed by atoms with van der Waals surface area (Å²) in [6.45, 7) is 6.67. The standard InChI is InChI=1S/C18H28N2O2S/c1-14(22-13-15-6-7-15)18(21)19-10-16-4-2-8-20(11-16)12-17-5-3-9-23-17/h3,5,9,14-16H,2,4,6-8,10-13H2,1H3,(H,19,21)/t14-,16+/m1/s1. The van der Waals surface area contributed by atoms with Crippen LogP contribution in [0.3, 0.4) is 0 Å². The summed E-state index contributed by atoms with van der Waals surface area (Å²) in [7, 11) is 0. The monoisotopic (exact) mass is 336 g/mol. The first-order valence-electron chi connectivity index (χ1n) is 8.84. The summed E-state index contributed by atoms with van der Waals surface area (Å²) in [6.07, 6.45) is 4.63. The van der Waals surface area contributed by atoms with Crippen LogP contribution in [-0.2, 0) is 16.1 Å². The van der Waals surface area contributed by atoms with Crippen molar-refractivity contribution in [2.75, 3.05) is 26.2 Å². The summed E-state index contributed by atoms with van der Waals surface area (Å²) in [4.78, 5) is 16.0. The maximum absolute atomic E-state index is 12.1. The Balaban J connectivity index is 1.36. The summed E-state index contributed by atoms with van der Waals surface area (Å²) in [5, 5.41) is 5.23. The molecule has 0 bridgehead atoms. The van der Waals surface area contributed by atoms with Crippen molar-refractivity contribution >= 4 is 17.2 Å². The molecular weight excluding hydrogens is 308 g/mol. The zero-order valence-corrected chi connectivity index (χ0v) is 14.8. The van der Waals surface area contributed by atoms with Crippen LogP contribution in [0.1, 0.15) is 37.5 Å². The van der Waals surface area contributed by atoms with E-state index in [1.54, 1.807) is 0 Å². The van der Waals surface area contributed by atoms with Crippen molar-refractivity contribution in [2.24, 2.45) is 11.8 Å². The average molecular weight is 337 g/mol. The van der Waals surface area contributed by atoms with Gasteiger partial charge in [0.2, 0.25) is 5.91 Å². The number of nitrogens with zero attached hydrogens (tertiary/aromatic N) is 1. The molecule has 4 nitrogen and oxygen atoms in total. The Morgan fingerprint density at radius 2 is 2.30 bits per heavy atom. The lowest BCUT2D eigenvalue weighted by molar-refractivity contribution is -0.132. The quantitative estimate of drug-likeness (QED) is 0.794. The first-order chi connectivity index (χ1) is 11.2. The van der Waals surface area contributed by atoms with Crippen LogP contribution in [0.15, 0.2) is 17.5 Å². The number of carbonyl (C=O) groups excluding carboxylic acids is 1. The van der Waals surface area contributed by atoms with Gasteiger partial charge in [-0.25, -0.2) is 0 Å². The molecule has 0 radical (unpaired) electrons. The van der Waals surface area contributed by atoms with Crippen molar-refractivity contribution in [1.82, 2.24) is 10.2 Å². The van der Waals surface area contributed by atoms with Gasteiger partial charge in [0, 0.05) is 24.5 Å². The van der Waals surface area contributed by atoms with E-state index in [-0.39, 0.29) is 12.0 Å². The van der Waals surface area contributed by atoms with Gasteiger partial charge in [-0.2, -0.15) is 0 Å². The molecule has 1 amide bonds.